The number of likely N-dealkylation sites (tertiary alicyclic amines) is 1. The van der Waals surface area contributed by atoms with Crippen molar-refractivity contribution >= 4 is 28.4 Å². The van der Waals surface area contributed by atoms with Crippen molar-refractivity contribution in [3.05, 3.63) is 47.9 Å². The maximum Gasteiger partial charge on any atom is 0.272 e. The number of benzene rings is 1. The van der Waals surface area contributed by atoms with Gasteiger partial charge in [-0.05, 0) is 38.0 Å². The Morgan fingerprint density at radius 1 is 1.19 bits per heavy atom. The molecule has 1 saturated heterocycles. The van der Waals surface area contributed by atoms with Crippen LogP contribution in [0.25, 0.3) is 10.9 Å². The molecule has 4 rings (SSSR count). The van der Waals surface area contributed by atoms with Gasteiger partial charge in [-0.1, -0.05) is 11.6 Å². The van der Waals surface area contributed by atoms with Gasteiger partial charge in [0.1, 0.15) is 12.2 Å². The van der Waals surface area contributed by atoms with E-state index in [0.29, 0.717) is 11.4 Å². The van der Waals surface area contributed by atoms with Crippen LogP contribution in [0.15, 0.2) is 36.7 Å². The second-order valence-electron chi connectivity index (χ2n) is 7.12. The molecule has 0 atom stereocenters. The maximum atomic E-state index is 12.7. The number of nitrogens with zero attached hydrogens (tertiary/aromatic N) is 4. The van der Waals surface area contributed by atoms with E-state index >= 15 is 0 Å². The summed E-state index contributed by atoms with van der Waals surface area (Å²) in [6, 6.07) is 8.00. The van der Waals surface area contributed by atoms with Crippen molar-refractivity contribution in [2.75, 3.05) is 18.4 Å². The summed E-state index contributed by atoms with van der Waals surface area (Å²) in [7, 11) is 1.88. The van der Waals surface area contributed by atoms with Crippen LogP contribution < -0.4 is 5.32 Å². The lowest BCUT2D eigenvalue weighted by Gasteiger charge is -2.14. The molecular formula is C20H23N5O2. The molecule has 1 aliphatic heterocycles. The Hall–Kier alpha value is -3.09. The third-order valence-corrected chi connectivity index (χ3v) is 5.08. The van der Waals surface area contributed by atoms with Crippen LogP contribution in [0.5, 0.6) is 0 Å². The van der Waals surface area contributed by atoms with Crippen molar-refractivity contribution in [2.45, 2.75) is 26.3 Å². The summed E-state index contributed by atoms with van der Waals surface area (Å²) in [5.41, 5.74) is 3.33. The molecule has 1 aromatic carbocycles. The quantitative estimate of drug-likeness (QED) is 0.772. The fourth-order valence-electron chi connectivity index (χ4n) is 3.60. The molecule has 0 bridgehead atoms. The van der Waals surface area contributed by atoms with Gasteiger partial charge in [-0.15, -0.1) is 0 Å². The minimum Gasteiger partial charge on any atom is -0.341 e. The Bertz CT molecular complexity index is 1010. The number of hydrogen-bond acceptors (Lipinski definition) is 3. The van der Waals surface area contributed by atoms with E-state index in [-0.39, 0.29) is 18.4 Å². The summed E-state index contributed by atoms with van der Waals surface area (Å²) >= 11 is 0. The van der Waals surface area contributed by atoms with E-state index < -0.39 is 0 Å². The highest BCUT2D eigenvalue weighted by Gasteiger charge is 2.19. The summed E-state index contributed by atoms with van der Waals surface area (Å²) in [4.78, 5) is 26.8. The second-order valence-corrected chi connectivity index (χ2v) is 7.12. The average molecular weight is 365 g/mol. The monoisotopic (exact) mass is 365 g/mol. The zero-order valence-electron chi connectivity index (χ0n) is 15.6. The van der Waals surface area contributed by atoms with Gasteiger partial charge in [-0.2, -0.15) is 5.10 Å². The molecular weight excluding hydrogens is 342 g/mol. The Morgan fingerprint density at radius 3 is 2.74 bits per heavy atom. The van der Waals surface area contributed by atoms with Crippen LogP contribution in [-0.4, -0.2) is 44.2 Å². The molecule has 0 saturated carbocycles. The predicted octanol–water partition coefficient (Wildman–Crippen LogP) is 2.56. The predicted molar refractivity (Wildman–Crippen MR) is 104 cm³/mol. The number of hydrogen-bond donors (Lipinski definition) is 1. The van der Waals surface area contributed by atoms with E-state index in [1.807, 2.05) is 41.6 Å². The standard InChI is InChI=1S/C20H23N5O2/c1-14-5-6-17-15(9-14)10-18(23(17)2)20(27)22-16-11-21-25(12-16)13-19(26)24-7-3-4-8-24/h5-6,9-12H,3-4,7-8,13H2,1-2H3,(H,22,27). The van der Waals surface area contributed by atoms with E-state index in [4.69, 9.17) is 0 Å². The number of rotatable bonds is 4. The van der Waals surface area contributed by atoms with E-state index in [2.05, 4.69) is 16.5 Å². The zero-order chi connectivity index (χ0) is 19.0. The van der Waals surface area contributed by atoms with Crippen molar-refractivity contribution in [1.29, 1.82) is 0 Å². The SMILES string of the molecule is Cc1ccc2c(c1)cc(C(=O)Nc1cnn(CC(=O)N3CCCC3)c1)n2C. The summed E-state index contributed by atoms with van der Waals surface area (Å²) < 4.78 is 3.45. The minimum atomic E-state index is -0.197. The van der Waals surface area contributed by atoms with Crippen LogP contribution >= 0.6 is 0 Å². The number of amides is 2. The fraction of sp³-hybridized carbons (Fsp3) is 0.350. The molecule has 3 aromatic rings. The first kappa shape index (κ1) is 17.3. The summed E-state index contributed by atoms with van der Waals surface area (Å²) in [5, 5.41) is 8.11. The third-order valence-electron chi connectivity index (χ3n) is 5.08. The van der Waals surface area contributed by atoms with Crippen LogP contribution in [0.1, 0.15) is 28.9 Å². The molecule has 1 N–H and O–H groups in total. The molecule has 7 nitrogen and oxygen atoms in total. The number of carbonyl (C=O) groups is 2. The fourth-order valence-corrected chi connectivity index (χ4v) is 3.60. The molecule has 0 radical (unpaired) electrons. The Morgan fingerprint density at radius 2 is 1.96 bits per heavy atom. The van der Waals surface area contributed by atoms with Crippen molar-refractivity contribution in [1.82, 2.24) is 19.2 Å². The zero-order valence-corrected chi connectivity index (χ0v) is 15.6. The highest BCUT2D eigenvalue weighted by Crippen LogP contribution is 2.21. The van der Waals surface area contributed by atoms with Gasteiger partial charge in [0, 0.05) is 37.2 Å². The Kier molecular flexibility index (Phi) is 4.43. The van der Waals surface area contributed by atoms with Gasteiger partial charge in [0.25, 0.3) is 5.91 Å². The lowest BCUT2D eigenvalue weighted by Crippen LogP contribution is -2.31. The van der Waals surface area contributed by atoms with Gasteiger partial charge in [0.2, 0.25) is 5.91 Å². The topological polar surface area (TPSA) is 72.2 Å². The van der Waals surface area contributed by atoms with Crippen LogP contribution in [0, 0.1) is 6.92 Å². The van der Waals surface area contributed by atoms with E-state index in [9.17, 15) is 9.59 Å². The molecule has 140 valence electrons. The van der Waals surface area contributed by atoms with Crippen molar-refractivity contribution in [3.8, 4) is 0 Å². The van der Waals surface area contributed by atoms with Crippen LogP contribution in [0.3, 0.4) is 0 Å². The Labute approximate surface area is 157 Å². The molecule has 0 aliphatic carbocycles. The summed E-state index contributed by atoms with van der Waals surface area (Å²) in [6.07, 6.45) is 5.40. The summed E-state index contributed by atoms with van der Waals surface area (Å²) in [6.45, 7) is 3.88. The number of carbonyl (C=O) groups excluding carboxylic acids is 2. The van der Waals surface area contributed by atoms with Crippen LogP contribution in [-0.2, 0) is 18.4 Å². The number of aryl methyl sites for hydroxylation is 2. The van der Waals surface area contributed by atoms with E-state index in [1.54, 1.807) is 17.1 Å². The normalized spacial score (nSPS) is 14.1. The highest BCUT2D eigenvalue weighted by atomic mass is 16.2. The number of nitrogens with one attached hydrogen (secondary N) is 1. The molecule has 2 amide bonds. The van der Waals surface area contributed by atoms with Crippen LogP contribution in [0.4, 0.5) is 5.69 Å². The molecule has 0 spiro atoms. The van der Waals surface area contributed by atoms with Gasteiger partial charge < -0.3 is 14.8 Å². The number of anilines is 1. The number of fused-ring (bicyclic) bond motifs is 1. The van der Waals surface area contributed by atoms with E-state index in [0.717, 1.165) is 42.4 Å². The largest absolute Gasteiger partial charge is 0.341 e. The van der Waals surface area contributed by atoms with E-state index in [1.165, 1.54) is 0 Å². The average Bonchev–Trinajstić information content (AvgIpc) is 3.36. The molecule has 7 heteroatoms. The smallest absolute Gasteiger partial charge is 0.272 e. The Balaban J connectivity index is 1.46. The molecule has 0 unspecified atom stereocenters. The number of aromatic nitrogens is 3. The highest BCUT2D eigenvalue weighted by molar-refractivity contribution is 6.06. The van der Waals surface area contributed by atoms with Crippen molar-refractivity contribution < 1.29 is 9.59 Å². The first-order valence-corrected chi connectivity index (χ1v) is 9.19. The first-order chi connectivity index (χ1) is 13.0. The molecule has 2 aromatic heterocycles. The minimum absolute atomic E-state index is 0.0672. The van der Waals surface area contributed by atoms with Gasteiger partial charge >= 0.3 is 0 Å². The van der Waals surface area contributed by atoms with Gasteiger partial charge in [0.05, 0.1) is 11.9 Å². The molecule has 1 fully saturated rings. The third kappa shape index (κ3) is 3.45. The van der Waals surface area contributed by atoms with Crippen LogP contribution in [0.2, 0.25) is 0 Å². The second kappa shape index (κ2) is 6.90. The first-order valence-electron chi connectivity index (χ1n) is 9.19. The molecule has 1 aliphatic rings. The summed E-state index contributed by atoms with van der Waals surface area (Å²) in [5.74, 6) is -0.130. The molecule has 3 heterocycles. The van der Waals surface area contributed by atoms with Crippen molar-refractivity contribution in [3.63, 3.8) is 0 Å². The van der Waals surface area contributed by atoms with Gasteiger partial charge in [0.15, 0.2) is 0 Å². The van der Waals surface area contributed by atoms with Crippen molar-refractivity contribution in [2.24, 2.45) is 7.05 Å². The maximum absolute atomic E-state index is 12.7. The molecule has 27 heavy (non-hydrogen) atoms. The van der Waals surface area contributed by atoms with Gasteiger partial charge in [-0.25, -0.2) is 0 Å². The van der Waals surface area contributed by atoms with Gasteiger partial charge in [-0.3, -0.25) is 14.3 Å². The lowest BCUT2D eigenvalue weighted by atomic mass is 10.2. The lowest BCUT2D eigenvalue weighted by molar-refractivity contribution is -0.130.